The van der Waals surface area contributed by atoms with Crippen LogP contribution in [0.4, 0.5) is 5.69 Å². The van der Waals surface area contributed by atoms with Crippen molar-refractivity contribution in [2.45, 2.75) is 24.7 Å². The molecule has 0 unspecified atom stereocenters. The van der Waals surface area contributed by atoms with Crippen molar-refractivity contribution in [1.29, 1.82) is 0 Å². The summed E-state index contributed by atoms with van der Waals surface area (Å²) in [4.78, 5) is 16.9. The van der Waals surface area contributed by atoms with E-state index in [0.29, 0.717) is 11.6 Å². The lowest BCUT2D eigenvalue weighted by Crippen LogP contribution is -2.17. The first-order valence-electron chi connectivity index (χ1n) is 8.09. The highest BCUT2D eigenvalue weighted by Gasteiger charge is 2.62. The van der Waals surface area contributed by atoms with E-state index in [2.05, 4.69) is 10.3 Å². The van der Waals surface area contributed by atoms with Crippen molar-refractivity contribution < 1.29 is 17.9 Å². The predicted molar refractivity (Wildman–Crippen MR) is 97.2 cm³/mol. The molecular formula is C18H21N3O4S. The van der Waals surface area contributed by atoms with E-state index in [-0.39, 0.29) is 28.1 Å². The van der Waals surface area contributed by atoms with Gasteiger partial charge in [-0.05, 0) is 35.2 Å². The molecule has 0 radical (unpaired) electrons. The van der Waals surface area contributed by atoms with Gasteiger partial charge < -0.3 is 10.1 Å². The minimum atomic E-state index is -3.73. The molecule has 1 aromatic carbocycles. The molecule has 2 aromatic rings. The van der Waals surface area contributed by atoms with Crippen LogP contribution in [0.25, 0.3) is 0 Å². The molecule has 0 spiro atoms. The van der Waals surface area contributed by atoms with Gasteiger partial charge in [0.25, 0.3) is 0 Å². The van der Waals surface area contributed by atoms with Gasteiger partial charge in [0, 0.05) is 12.1 Å². The van der Waals surface area contributed by atoms with Crippen LogP contribution in [0.1, 0.15) is 25.3 Å². The SMILES string of the molecule is COc1ncccc1NC(=O)[C@@H]1[C@@H](c2ccc(S(N)(=O)=O)cc2)C1(C)C. The zero-order chi connectivity index (χ0) is 19.1. The number of primary sulfonamides is 1. The predicted octanol–water partition coefficient (Wildman–Crippen LogP) is 2.12. The van der Waals surface area contributed by atoms with Gasteiger partial charge in [-0.1, -0.05) is 26.0 Å². The Labute approximate surface area is 152 Å². The van der Waals surface area contributed by atoms with Crippen LogP contribution in [0, 0.1) is 11.3 Å². The van der Waals surface area contributed by atoms with Crippen molar-refractivity contribution in [3.05, 3.63) is 48.2 Å². The first-order chi connectivity index (χ1) is 12.2. The molecule has 1 fully saturated rings. The van der Waals surface area contributed by atoms with Crippen LogP contribution in [0.15, 0.2) is 47.5 Å². The molecule has 0 saturated heterocycles. The van der Waals surface area contributed by atoms with E-state index >= 15 is 0 Å². The fourth-order valence-corrected chi connectivity index (χ4v) is 3.99. The first-order valence-corrected chi connectivity index (χ1v) is 9.63. The number of aromatic nitrogens is 1. The number of methoxy groups -OCH3 is 1. The summed E-state index contributed by atoms with van der Waals surface area (Å²) in [5, 5.41) is 8.00. The van der Waals surface area contributed by atoms with Gasteiger partial charge in [0.15, 0.2) is 0 Å². The zero-order valence-corrected chi connectivity index (χ0v) is 15.6. The molecular weight excluding hydrogens is 354 g/mol. The summed E-state index contributed by atoms with van der Waals surface area (Å²) in [5.41, 5.74) is 1.18. The maximum absolute atomic E-state index is 12.8. The second kappa shape index (κ2) is 6.37. The van der Waals surface area contributed by atoms with E-state index in [1.54, 1.807) is 30.5 Å². The van der Waals surface area contributed by atoms with Gasteiger partial charge >= 0.3 is 0 Å². The number of nitrogens with two attached hydrogens (primary N) is 1. The lowest BCUT2D eigenvalue weighted by molar-refractivity contribution is -0.118. The average molecular weight is 375 g/mol. The van der Waals surface area contributed by atoms with Crippen LogP contribution < -0.4 is 15.2 Å². The van der Waals surface area contributed by atoms with Gasteiger partial charge in [-0.25, -0.2) is 18.5 Å². The second-order valence-electron chi connectivity index (χ2n) is 6.94. The van der Waals surface area contributed by atoms with Gasteiger partial charge in [-0.3, -0.25) is 4.79 Å². The first kappa shape index (κ1) is 18.3. The molecule has 3 rings (SSSR count). The molecule has 1 saturated carbocycles. The number of benzene rings is 1. The summed E-state index contributed by atoms with van der Waals surface area (Å²) in [5.74, 6) is -0.0253. The number of amides is 1. The molecule has 3 N–H and O–H groups in total. The number of carbonyl (C=O) groups excluding carboxylic acids is 1. The second-order valence-corrected chi connectivity index (χ2v) is 8.50. The summed E-state index contributed by atoms with van der Waals surface area (Å²) in [6, 6.07) is 9.82. The summed E-state index contributed by atoms with van der Waals surface area (Å²) < 4.78 is 27.9. The smallest absolute Gasteiger partial charge is 0.238 e. The quantitative estimate of drug-likeness (QED) is 0.831. The summed E-state index contributed by atoms with van der Waals surface area (Å²) in [7, 11) is -2.24. The lowest BCUT2D eigenvalue weighted by Gasteiger charge is -2.09. The highest BCUT2D eigenvalue weighted by molar-refractivity contribution is 7.89. The normalized spacial score (nSPS) is 21.1. The molecule has 138 valence electrons. The van der Waals surface area contributed by atoms with E-state index in [9.17, 15) is 13.2 Å². The molecule has 1 aliphatic rings. The van der Waals surface area contributed by atoms with Crippen molar-refractivity contribution in [3.63, 3.8) is 0 Å². The highest BCUT2D eigenvalue weighted by atomic mass is 32.2. The minimum Gasteiger partial charge on any atom is -0.480 e. The number of sulfonamides is 1. The molecule has 2 atom stereocenters. The van der Waals surface area contributed by atoms with E-state index < -0.39 is 10.0 Å². The fourth-order valence-electron chi connectivity index (χ4n) is 3.47. The topological polar surface area (TPSA) is 111 Å². The number of ether oxygens (including phenoxy) is 1. The van der Waals surface area contributed by atoms with Gasteiger partial charge in [0.2, 0.25) is 21.8 Å². The third-order valence-corrected chi connectivity index (χ3v) is 5.83. The van der Waals surface area contributed by atoms with E-state index in [4.69, 9.17) is 9.88 Å². The zero-order valence-electron chi connectivity index (χ0n) is 14.8. The fraction of sp³-hybridized carbons (Fsp3) is 0.333. The Balaban J connectivity index is 1.80. The number of rotatable bonds is 5. The Morgan fingerprint density at radius 2 is 1.88 bits per heavy atom. The number of nitrogens with zero attached hydrogens (tertiary/aromatic N) is 1. The molecule has 0 aliphatic heterocycles. The van der Waals surface area contributed by atoms with E-state index in [1.807, 2.05) is 13.8 Å². The maximum Gasteiger partial charge on any atom is 0.238 e. The average Bonchev–Trinajstić information content (AvgIpc) is 3.17. The lowest BCUT2D eigenvalue weighted by atomic mass is 10.0. The molecule has 1 amide bonds. The number of hydrogen-bond acceptors (Lipinski definition) is 5. The molecule has 1 aliphatic carbocycles. The number of pyridine rings is 1. The van der Waals surface area contributed by atoms with Gasteiger partial charge in [-0.15, -0.1) is 0 Å². The van der Waals surface area contributed by atoms with Crippen molar-refractivity contribution in [2.75, 3.05) is 12.4 Å². The standard InChI is InChI=1S/C18H21N3O4S/c1-18(2)14(11-6-8-12(9-7-11)26(19,23)24)15(18)16(22)21-13-5-4-10-20-17(13)25-3/h4-10,14-15H,1-3H3,(H,21,22)(H2,19,23,24)/t14-,15+/m1/s1. The van der Waals surface area contributed by atoms with Crippen molar-refractivity contribution in [3.8, 4) is 5.88 Å². The molecule has 26 heavy (non-hydrogen) atoms. The summed E-state index contributed by atoms with van der Waals surface area (Å²) >= 11 is 0. The Morgan fingerprint density at radius 1 is 1.23 bits per heavy atom. The maximum atomic E-state index is 12.8. The summed E-state index contributed by atoms with van der Waals surface area (Å²) in [6.45, 7) is 4.02. The Morgan fingerprint density at radius 3 is 2.46 bits per heavy atom. The number of hydrogen-bond donors (Lipinski definition) is 2. The Bertz CT molecular complexity index is 939. The van der Waals surface area contributed by atoms with Crippen LogP contribution in [0.2, 0.25) is 0 Å². The Kier molecular flexibility index (Phi) is 4.49. The van der Waals surface area contributed by atoms with E-state index in [1.165, 1.54) is 19.2 Å². The number of nitrogens with one attached hydrogen (secondary N) is 1. The third-order valence-electron chi connectivity index (χ3n) is 4.90. The summed E-state index contributed by atoms with van der Waals surface area (Å²) in [6.07, 6.45) is 1.59. The minimum absolute atomic E-state index is 0.0142. The van der Waals surface area contributed by atoms with Crippen LogP contribution in [0.3, 0.4) is 0 Å². The Hall–Kier alpha value is -2.45. The van der Waals surface area contributed by atoms with Crippen LogP contribution in [-0.4, -0.2) is 26.4 Å². The number of carbonyl (C=O) groups is 1. The largest absolute Gasteiger partial charge is 0.480 e. The molecule has 0 bridgehead atoms. The third kappa shape index (κ3) is 3.30. The molecule has 8 heteroatoms. The van der Waals surface area contributed by atoms with E-state index in [0.717, 1.165) is 5.56 Å². The van der Waals surface area contributed by atoms with Crippen molar-refractivity contribution in [1.82, 2.24) is 4.98 Å². The van der Waals surface area contributed by atoms with Crippen molar-refractivity contribution >= 4 is 21.6 Å². The van der Waals surface area contributed by atoms with Gasteiger partial charge in [-0.2, -0.15) is 0 Å². The van der Waals surface area contributed by atoms with Crippen LogP contribution in [0.5, 0.6) is 5.88 Å². The highest BCUT2D eigenvalue weighted by Crippen LogP contribution is 2.64. The van der Waals surface area contributed by atoms with Crippen LogP contribution >= 0.6 is 0 Å². The van der Waals surface area contributed by atoms with Gasteiger partial charge in [0.1, 0.15) is 5.69 Å². The van der Waals surface area contributed by atoms with Crippen molar-refractivity contribution in [2.24, 2.45) is 16.5 Å². The number of anilines is 1. The van der Waals surface area contributed by atoms with Crippen LogP contribution in [-0.2, 0) is 14.8 Å². The molecule has 7 nitrogen and oxygen atoms in total. The molecule has 1 aromatic heterocycles. The monoisotopic (exact) mass is 375 g/mol. The van der Waals surface area contributed by atoms with Gasteiger partial charge in [0.05, 0.1) is 17.9 Å². The molecule has 1 heterocycles.